The minimum absolute atomic E-state index is 0.0991. The number of anilines is 1. The van der Waals surface area contributed by atoms with Crippen molar-refractivity contribution in [3.63, 3.8) is 0 Å². The summed E-state index contributed by atoms with van der Waals surface area (Å²) in [7, 11) is -3.43. The molecular formula is C22H20N2O4S2. The summed E-state index contributed by atoms with van der Waals surface area (Å²) in [5.41, 5.74) is 3.30. The van der Waals surface area contributed by atoms with Gasteiger partial charge in [-0.05, 0) is 61.4 Å². The van der Waals surface area contributed by atoms with Gasteiger partial charge >= 0.3 is 0 Å². The average Bonchev–Trinajstić information content (AvgIpc) is 3.34. The van der Waals surface area contributed by atoms with Crippen molar-refractivity contribution in [3.05, 3.63) is 77.2 Å². The third-order valence-electron chi connectivity index (χ3n) is 4.69. The molecule has 8 heteroatoms. The van der Waals surface area contributed by atoms with Gasteiger partial charge in [-0.25, -0.2) is 13.4 Å². The van der Waals surface area contributed by atoms with Gasteiger partial charge in [0.2, 0.25) is 0 Å². The first-order valence-electron chi connectivity index (χ1n) is 9.24. The Balaban J connectivity index is 1.81. The summed E-state index contributed by atoms with van der Waals surface area (Å²) in [5, 5.41) is 0.532. The summed E-state index contributed by atoms with van der Waals surface area (Å²) < 4.78 is 30.3. The van der Waals surface area contributed by atoms with Gasteiger partial charge in [0.1, 0.15) is 5.76 Å². The van der Waals surface area contributed by atoms with Crippen molar-refractivity contribution < 1.29 is 17.6 Å². The van der Waals surface area contributed by atoms with E-state index >= 15 is 0 Å². The SMILES string of the molecule is Cc1cc(C)c2sc(N(Cc3ccco3)C(=O)c3cccc(S(C)(=O)=O)c3)nc2c1. The van der Waals surface area contributed by atoms with Crippen LogP contribution in [0.2, 0.25) is 0 Å². The summed E-state index contributed by atoms with van der Waals surface area (Å²) in [6.45, 7) is 4.21. The van der Waals surface area contributed by atoms with Crippen molar-refractivity contribution in [3.8, 4) is 0 Å². The van der Waals surface area contributed by atoms with Crippen molar-refractivity contribution in [2.75, 3.05) is 11.2 Å². The zero-order valence-electron chi connectivity index (χ0n) is 16.7. The van der Waals surface area contributed by atoms with E-state index in [0.29, 0.717) is 10.9 Å². The third-order valence-corrected chi connectivity index (χ3v) is 7.03. The van der Waals surface area contributed by atoms with Crippen molar-refractivity contribution in [2.24, 2.45) is 0 Å². The third kappa shape index (κ3) is 4.01. The summed E-state index contributed by atoms with van der Waals surface area (Å²) in [5.74, 6) is 0.264. The van der Waals surface area contributed by atoms with E-state index in [1.54, 1.807) is 30.5 Å². The van der Waals surface area contributed by atoms with Gasteiger partial charge < -0.3 is 4.42 Å². The maximum atomic E-state index is 13.4. The van der Waals surface area contributed by atoms with E-state index in [4.69, 9.17) is 9.40 Å². The first kappa shape index (κ1) is 20.3. The summed E-state index contributed by atoms with van der Waals surface area (Å²) in [4.78, 5) is 19.8. The predicted octanol–water partition coefficient (Wildman–Crippen LogP) is 4.76. The molecule has 2 heterocycles. The Kier molecular flexibility index (Phi) is 5.21. The molecule has 0 spiro atoms. The first-order valence-corrected chi connectivity index (χ1v) is 12.0. The molecule has 0 saturated heterocycles. The van der Waals surface area contributed by atoms with Gasteiger partial charge in [-0.3, -0.25) is 9.69 Å². The van der Waals surface area contributed by atoms with Crippen LogP contribution in [0.5, 0.6) is 0 Å². The Hall–Kier alpha value is -2.97. The number of benzene rings is 2. The minimum Gasteiger partial charge on any atom is -0.467 e. The lowest BCUT2D eigenvalue weighted by Crippen LogP contribution is -2.30. The molecular weight excluding hydrogens is 420 g/mol. The number of thiazole rings is 1. The number of hydrogen-bond donors (Lipinski definition) is 0. The van der Waals surface area contributed by atoms with Crippen molar-refractivity contribution >= 4 is 42.4 Å². The van der Waals surface area contributed by atoms with Crippen LogP contribution in [-0.4, -0.2) is 25.6 Å². The van der Waals surface area contributed by atoms with E-state index in [9.17, 15) is 13.2 Å². The quantitative estimate of drug-likeness (QED) is 0.447. The second-order valence-electron chi connectivity index (χ2n) is 7.20. The molecule has 30 heavy (non-hydrogen) atoms. The van der Waals surface area contributed by atoms with Crippen LogP contribution in [-0.2, 0) is 16.4 Å². The maximum absolute atomic E-state index is 13.4. The van der Waals surface area contributed by atoms with Gasteiger partial charge in [-0.15, -0.1) is 0 Å². The Morgan fingerprint density at radius 3 is 2.63 bits per heavy atom. The van der Waals surface area contributed by atoms with Crippen LogP contribution in [0.25, 0.3) is 10.2 Å². The number of aromatic nitrogens is 1. The summed E-state index contributed by atoms with van der Waals surface area (Å²) in [6.07, 6.45) is 2.67. The molecule has 0 atom stereocenters. The number of sulfone groups is 1. The van der Waals surface area contributed by atoms with E-state index < -0.39 is 9.84 Å². The molecule has 2 aromatic carbocycles. The molecule has 6 nitrogen and oxygen atoms in total. The lowest BCUT2D eigenvalue weighted by Gasteiger charge is -2.19. The Labute approximate surface area is 178 Å². The lowest BCUT2D eigenvalue weighted by atomic mass is 10.1. The van der Waals surface area contributed by atoms with Crippen LogP contribution in [0.1, 0.15) is 27.2 Å². The van der Waals surface area contributed by atoms with E-state index in [-0.39, 0.29) is 22.9 Å². The fraction of sp³-hybridized carbons (Fsp3) is 0.182. The topological polar surface area (TPSA) is 80.5 Å². The van der Waals surface area contributed by atoms with E-state index in [1.807, 2.05) is 19.9 Å². The van der Waals surface area contributed by atoms with Gasteiger partial charge in [0.25, 0.3) is 5.91 Å². The second kappa shape index (κ2) is 7.70. The molecule has 4 rings (SSSR count). The van der Waals surface area contributed by atoms with Crippen LogP contribution >= 0.6 is 11.3 Å². The first-order chi connectivity index (χ1) is 14.2. The second-order valence-corrected chi connectivity index (χ2v) is 10.2. The standard InChI is InChI=1S/C22H20N2O4S2/c1-14-10-15(2)20-19(11-14)23-22(29-20)24(13-17-7-5-9-28-17)21(25)16-6-4-8-18(12-16)30(3,26)27/h4-12H,13H2,1-3H3. The molecule has 0 unspecified atom stereocenters. The molecule has 0 aliphatic rings. The Morgan fingerprint density at radius 2 is 1.93 bits per heavy atom. The van der Waals surface area contributed by atoms with Crippen molar-refractivity contribution in [1.82, 2.24) is 4.98 Å². The molecule has 154 valence electrons. The number of aryl methyl sites for hydroxylation is 2. The smallest absolute Gasteiger partial charge is 0.260 e. The van der Waals surface area contributed by atoms with E-state index in [1.165, 1.54) is 28.4 Å². The van der Waals surface area contributed by atoms with Crippen LogP contribution in [0.3, 0.4) is 0 Å². The summed E-state index contributed by atoms with van der Waals surface area (Å²) in [6, 6.07) is 13.7. The predicted molar refractivity (Wildman–Crippen MR) is 118 cm³/mol. The van der Waals surface area contributed by atoms with E-state index in [0.717, 1.165) is 27.6 Å². The van der Waals surface area contributed by atoms with Crippen LogP contribution < -0.4 is 4.90 Å². The highest BCUT2D eigenvalue weighted by atomic mass is 32.2. The number of carbonyl (C=O) groups is 1. The minimum atomic E-state index is -3.43. The van der Waals surface area contributed by atoms with Gasteiger partial charge in [0, 0.05) is 11.8 Å². The maximum Gasteiger partial charge on any atom is 0.260 e. The largest absolute Gasteiger partial charge is 0.467 e. The van der Waals surface area contributed by atoms with Gasteiger partial charge in [-0.2, -0.15) is 0 Å². The van der Waals surface area contributed by atoms with Crippen molar-refractivity contribution in [1.29, 1.82) is 0 Å². The van der Waals surface area contributed by atoms with Crippen molar-refractivity contribution in [2.45, 2.75) is 25.3 Å². The monoisotopic (exact) mass is 440 g/mol. The van der Waals surface area contributed by atoms with Crippen LogP contribution in [0.4, 0.5) is 5.13 Å². The molecule has 0 saturated carbocycles. The highest BCUT2D eigenvalue weighted by molar-refractivity contribution is 7.90. The van der Waals surface area contributed by atoms with Gasteiger partial charge in [0.15, 0.2) is 15.0 Å². The van der Waals surface area contributed by atoms with E-state index in [2.05, 4.69) is 6.07 Å². The molecule has 2 aromatic heterocycles. The molecule has 0 bridgehead atoms. The van der Waals surface area contributed by atoms with Gasteiger partial charge in [0.05, 0.1) is 27.9 Å². The Bertz CT molecular complexity index is 1340. The molecule has 1 amide bonds. The normalized spacial score (nSPS) is 11.7. The average molecular weight is 441 g/mol. The number of carbonyl (C=O) groups excluding carboxylic acids is 1. The molecule has 0 N–H and O–H groups in total. The number of fused-ring (bicyclic) bond motifs is 1. The van der Waals surface area contributed by atoms with Crippen LogP contribution in [0, 0.1) is 13.8 Å². The van der Waals surface area contributed by atoms with Crippen LogP contribution in [0.15, 0.2) is 64.1 Å². The summed E-state index contributed by atoms with van der Waals surface area (Å²) >= 11 is 1.43. The molecule has 0 aliphatic heterocycles. The lowest BCUT2D eigenvalue weighted by molar-refractivity contribution is 0.0983. The fourth-order valence-corrected chi connectivity index (χ4v) is 4.96. The molecule has 0 aliphatic carbocycles. The highest BCUT2D eigenvalue weighted by Crippen LogP contribution is 2.33. The number of rotatable bonds is 5. The zero-order chi connectivity index (χ0) is 21.5. The molecule has 0 radical (unpaired) electrons. The zero-order valence-corrected chi connectivity index (χ0v) is 18.4. The Morgan fingerprint density at radius 1 is 1.13 bits per heavy atom. The fourth-order valence-electron chi connectivity index (χ4n) is 3.28. The molecule has 4 aromatic rings. The van der Waals surface area contributed by atoms with Gasteiger partial charge in [-0.1, -0.05) is 23.5 Å². The number of amides is 1. The number of hydrogen-bond acceptors (Lipinski definition) is 6. The number of nitrogens with zero attached hydrogens (tertiary/aromatic N) is 2. The number of furan rings is 1. The highest BCUT2D eigenvalue weighted by Gasteiger charge is 2.24. The molecule has 0 fully saturated rings.